The fourth-order valence-electron chi connectivity index (χ4n) is 2.97. The van der Waals surface area contributed by atoms with Crippen LogP contribution in [0, 0.1) is 5.92 Å². The van der Waals surface area contributed by atoms with Crippen molar-refractivity contribution >= 4 is 17.6 Å². The van der Waals surface area contributed by atoms with E-state index in [1.807, 2.05) is 0 Å². The zero-order chi connectivity index (χ0) is 22.9. The van der Waals surface area contributed by atoms with Crippen LogP contribution < -0.4 is 24.3 Å². The van der Waals surface area contributed by atoms with Crippen LogP contribution in [0.15, 0.2) is 36.4 Å². The van der Waals surface area contributed by atoms with E-state index in [0.717, 1.165) is 12.8 Å². The third-order valence-electron chi connectivity index (χ3n) is 4.72. The van der Waals surface area contributed by atoms with Crippen molar-refractivity contribution in [1.82, 2.24) is 0 Å². The molecule has 1 aliphatic rings. The normalized spacial score (nSPS) is 12.6. The van der Waals surface area contributed by atoms with Crippen molar-refractivity contribution in [3.8, 4) is 23.0 Å². The largest absolute Gasteiger partial charge is 0.493 e. The van der Waals surface area contributed by atoms with E-state index in [-0.39, 0.29) is 5.56 Å². The van der Waals surface area contributed by atoms with Gasteiger partial charge in [0.05, 0.1) is 32.5 Å². The Morgan fingerprint density at radius 2 is 1.81 bits per heavy atom. The number of hydrogen-bond acceptors (Lipinski definition) is 7. The van der Waals surface area contributed by atoms with E-state index in [2.05, 4.69) is 19.2 Å². The first-order valence-corrected chi connectivity index (χ1v) is 10.6. The topological polar surface area (TPSA) is 92.3 Å². The van der Waals surface area contributed by atoms with Crippen LogP contribution in [0.4, 0.5) is 5.69 Å². The number of esters is 1. The molecule has 1 amide bonds. The standard InChI is InChI=1S/C24H29NO7/c1-16(2)9-12-31-19-7-5-17(13-21(19)28-3)24(27)32-15-23(26)25-18-6-8-20-22(14-18)30-11-4-10-29-20/h5-8,13-14,16H,4,9-12,15H2,1-3H3,(H,25,26). The Hall–Kier alpha value is -3.42. The molecule has 0 bridgehead atoms. The van der Waals surface area contributed by atoms with E-state index < -0.39 is 18.5 Å². The zero-order valence-electron chi connectivity index (χ0n) is 18.6. The Morgan fingerprint density at radius 3 is 2.56 bits per heavy atom. The van der Waals surface area contributed by atoms with E-state index in [9.17, 15) is 9.59 Å². The number of fused-ring (bicyclic) bond motifs is 1. The van der Waals surface area contributed by atoms with Gasteiger partial charge >= 0.3 is 5.97 Å². The van der Waals surface area contributed by atoms with Gasteiger partial charge in [-0.1, -0.05) is 13.8 Å². The van der Waals surface area contributed by atoms with Crippen molar-refractivity contribution in [3.05, 3.63) is 42.0 Å². The molecule has 3 rings (SSSR count). The molecular weight excluding hydrogens is 414 g/mol. The number of methoxy groups -OCH3 is 1. The number of nitrogens with one attached hydrogen (secondary N) is 1. The predicted molar refractivity (Wildman–Crippen MR) is 119 cm³/mol. The van der Waals surface area contributed by atoms with Gasteiger partial charge in [-0.05, 0) is 42.7 Å². The van der Waals surface area contributed by atoms with Crippen LogP contribution >= 0.6 is 0 Å². The lowest BCUT2D eigenvalue weighted by molar-refractivity contribution is -0.119. The van der Waals surface area contributed by atoms with Crippen molar-refractivity contribution < 1.29 is 33.3 Å². The summed E-state index contributed by atoms with van der Waals surface area (Å²) < 4.78 is 27.4. The molecule has 2 aromatic rings. The summed E-state index contributed by atoms with van der Waals surface area (Å²) in [5.74, 6) is 1.61. The lowest BCUT2D eigenvalue weighted by Gasteiger charge is -2.13. The van der Waals surface area contributed by atoms with Gasteiger partial charge in [0.25, 0.3) is 5.91 Å². The maximum absolute atomic E-state index is 12.4. The molecular formula is C24H29NO7. The average molecular weight is 443 g/mol. The second-order valence-corrected chi connectivity index (χ2v) is 7.73. The molecule has 0 spiro atoms. The molecule has 0 fully saturated rings. The molecule has 8 heteroatoms. The van der Waals surface area contributed by atoms with E-state index >= 15 is 0 Å². The summed E-state index contributed by atoms with van der Waals surface area (Å²) in [5.41, 5.74) is 0.793. The maximum atomic E-state index is 12.4. The first-order chi connectivity index (χ1) is 15.5. The third kappa shape index (κ3) is 6.54. The van der Waals surface area contributed by atoms with Crippen LogP contribution in [0.2, 0.25) is 0 Å². The highest BCUT2D eigenvalue weighted by Gasteiger charge is 2.16. The molecule has 2 aromatic carbocycles. The van der Waals surface area contributed by atoms with Gasteiger partial charge in [0.15, 0.2) is 29.6 Å². The van der Waals surface area contributed by atoms with E-state index in [0.29, 0.717) is 54.4 Å². The molecule has 0 saturated heterocycles. The second kappa shape index (κ2) is 11.3. The number of rotatable bonds is 9. The van der Waals surface area contributed by atoms with Crippen molar-refractivity contribution in [2.75, 3.05) is 38.9 Å². The van der Waals surface area contributed by atoms with Crippen LogP contribution in [-0.2, 0) is 9.53 Å². The summed E-state index contributed by atoms with van der Waals surface area (Å²) >= 11 is 0. The smallest absolute Gasteiger partial charge is 0.338 e. The summed E-state index contributed by atoms with van der Waals surface area (Å²) in [6.45, 7) is 5.49. The third-order valence-corrected chi connectivity index (χ3v) is 4.72. The highest BCUT2D eigenvalue weighted by atomic mass is 16.5. The molecule has 0 radical (unpaired) electrons. The molecule has 8 nitrogen and oxygen atoms in total. The summed E-state index contributed by atoms with van der Waals surface area (Å²) in [7, 11) is 1.50. The van der Waals surface area contributed by atoms with Crippen molar-refractivity contribution in [3.63, 3.8) is 0 Å². The summed E-state index contributed by atoms with van der Waals surface area (Å²) in [4.78, 5) is 24.6. The van der Waals surface area contributed by atoms with Crippen molar-refractivity contribution in [2.45, 2.75) is 26.7 Å². The molecule has 0 unspecified atom stereocenters. The van der Waals surface area contributed by atoms with E-state index in [1.54, 1.807) is 30.3 Å². The summed E-state index contributed by atoms with van der Waals surface area (Å²) in [6.07, 6.45) is 1.70. The zero-order valence-corrected chi connectivity index (χ0v) is 18.6. The lowest BCUT2D eigenvalue weighted by atomic mass is 10.1. The maximum Gasteiger partial charge on any atom is 0.338 e. The van der Waals surface area contributed by atoms with Crippen molar-refractivity contribution in [2.24, 2.45) is 5.92 Å². The van der Waals surface area contributed by atoms with Gasteiger partial charge in [0, 0.05) is 18.2 Å². The van der Waals surface area contributed by atoms with Crippen LogP contribution in [0.3, 0.4) is 0 Å². The Morgan fingerprint density at radius 1 is 1.03 bits per heavy atom. The molecule has 0 saturated carbocycles. The van der Waals surface area contributed by atoms with E-state index in [4.69, 9.17) is 23.7 Å². The van der Waals surface area contributed by atoms with Crippen LogP contribution in [0.25, 0.3) is 0 Å². The van der Waals surface area contributed by atoms with Gasteiger partial charge in [-0.25, -0.2) is 4.79 Å². The fraction of sp³-hybridized carbons (Fsp3) is 0.417. The Labute approximate surface area is 187 Å². The van der Waals surface area contributed by atoms with Crippen LogP contribution in [0.5, 0.6) is 23.0 Å². The molecule has 0 aliphatic carbocycles. The average Bonchev–Trinajstić information content (AvgIpc) is 3.02. The van der Waals surface area contributed by atoms with Crippen LogP contribution in [0.1, 0.15) is 37.0 Å². The highest BCUT2D eigenvalue weighted by molar-refractivity contribution is 5.96. The number of carbonyl (C=O) groups excluding carboxylic acids is 2. The molecule has 0 atom stereocenters. The van der Waals surface area contributed by atoms with Gasteiger partial charge in [-0.3, -0.25) is 4.79 Å². The number of carbonyl (C=O) groups is 2. The highest BCUT2D eigenvalue weighted by Crippen LogP contribution is 2.32. The lowest BCUT2D eigenvalue weighted by Crippen LogP contribution is -2.21. The summed E-state index contributed by atoms with van der Waals surface area (Å²) in [6, 6.07) is 9.90. The quantitative estimate of drug-likeness (QED) is 0.584. The Bertz CT molecular complexity index is 942. The second-order valence-electron chi connectivity index (χ2n) is 7.73. The van der Waals surface area contributed by atoms with E-state index in [1.165, 1.54) is 13.2 Å². The minimum Gasteiger partial charge on any atom is -0.493 e. The minimum absolute atomic E-state index is 0.265. The molecule has 32 heavy (non-hydrogen) atoms. The van der Waals surface area contributed by atoms with Crippen LogP contribution in [-0.4, -0.2) is 45.4 Å². The van der Waals surface area contributed by atoms with Gasteiger partial charge in [0.1, 0.15) is 0 Å². The molecule has 172 valence electrons. The van der Waals surface area contributed by atoms with Gasteiger partial charge in [-0.2, -0.15) is 0 Å². The van der Waals surface area contributed by atoms with Gasteiger partial charge < -0.3 is 29.0 Å². The monoisotopic (exact) mass is 443 g/mol. The SMILES string of the molecule is COc1cc(C(=O)OCC(=O)Nc2ccc3c(c2)OCCCO3)ccc1OCCC(C)C. The number of ether oxygens (including phenoxy) is 5. The fourth-order valence-corrected chi connectivity index (χ4v) is 2.97. The number of anilines is 1. The first kappa shape index (κ1) is 23.2. The van der Waals surface area contributed by atoms with Crippen molar-refractivity contribution in [1.29, 1.82) is 0 Å². The number of amides is 1. The number of benzene rings is 2. The minimum atomic E-state index is -0.633. The Balaban J connectivity index is 1.53. The Kier molecular flexibility index (Phi) is 8.19. The summed E-state index contributed by atoms with van der Waals surface area (Å²) in [5, 5.41) is 2.69. The van der Waals surface area contributed by atoms with Gasteiger partial charge in [0.2, 0.25) is 0 Å². The molecule has 1 aliphatic heterocycles. The first-order valence-electron chi connectivity index (χ1n) is 10.6. The molecule has 0 aromatic heterocycles. The predicted octanol–water partition coefficient (Wildman–Crippen LogP) is 4.08. The number of hydrogen-bond donors (Lipinski definition) is 1. The molecule has 1 heterocycles. The van der Waals surface area contributed by atoms with Gasteiger partial charge in [-0.15, -0.1) is 0 Å². The molecule has 1 N–H and O–H groups in total.